The van der Waals surface area contributed by atoms with Gasteiger partial charge in [-0.3, -0.25) is 4.79 Å². The Balaban J connectivity index is 1.72. The summed E-state index contributed by atoms with van der Waals surface area (Å²) in [5, 5.41) is 10.5. The molecule has 0 bridgehead atoms. The molecule has 1 amide bonds. The Morgan fingerprint density at radius 1 is 1.43 bits per heavy atom. The molecular formula is C15H19N5O. The van der Waals surface area contributed by atoms with Crippen molar-refractivity contribution in [1.82, 2.24) is 20.1 Å². The number of nitrogens with one attached hydrogen (secondary N) is 2. The van der Waals surface area contributed by atoms with Gasteiger partial charge in [-0.1, -0.05) is 0 Å². The third-order valence-electron chi connectivity index (χ3n) is 3.62. The molecule has 1 atom stereocenters. The molecule has 6 nitrogen and oxygen atoms in total. The van der Waals surface area contributed by atoms with E-state index in [0.717, 1.165) is 36.6 Å². The predicted octanol–water partition coefficient (Wildman–Crippen LogP) is 1.57. The lowest BCUT2D eigenvalue weighted by Crippen LogP contribution is -2.35. The SMILES string of the molecule is Cc1cc(C)n(-c2ccc(NC(=O)C3CCCN3)cn2)n1. The van der Waals surface area contributed by atoms with Crippen molar-refractivity contribution in [1.29, 1.82) is 0 Å². The lowest BCUT2D eigenvalue weighted by molar-refractivity contribution is -0.117. The van der Waals surface area contributed by atoms with Gasteiger partial charge in [0.1, 0.15) is 0 Å². The van der Waals surface area contributed by atoms with Crippen molar-refractivity contribution in [3.05, 3.63) is 35.8 Å². The second-order valence-electron chi connectivity index (χ2n) is 5.38. The molecule has 0 aromatic carbocycles. The highest BCUT2D eigenvalue weighted by atomic mass is 16.2. The standard InChI is InChI=1S/C15H19N5O/c1-10-8-11(2)20(19-10)14-6-5-12(9-17-14)18-15(21)13-4-3-7-16-13/h5-6,8-9,13,16H,3-4,7H2,1-2H3,(H,18,21). The van der Waals surface area contributed by atoms with Gasteiger partial charge in [-0.2, -0.15) is 5.10 Å². The molecule has 2 aromatic rings. The van der Waals surface area contributed by atoms with Gasteiger partial charge in [-0.15, -0.1) is 0 Å². The maximum absolute atomic E-state index is 12.0. The molecule has 0 radical (unpaired) electrons. The summed E-state index contributed by atoms with van der Waals surface area (Å²) < 4.78 is 1.79. The van der Waals surface area contributed by atoms with Crippen LogP contribution >= 0.6 is 0 Å². The fourth-order valence-electron chi connectivity index (χ4n) is 2.58. The van der Waals surface area contributed by atoms with Crippen molar-refractivity contribution in [3.8, 4) is 5.82 Å². The lowest BCUT2D eigenvalue weighted by atomic mass is 10.2. The minimum absolute atomic E-state index is 0.00756. The molecule has 1 saturated heterocycles. The van der Waals surface area contributed by atoms with E-state index < -0.39 is 0 Å². The number of aryl methyl sites for hydroxylation is 2. The number of aromatic nitrogens is 3. The van der Waals surface area contributed by atoms with Crippen molar-refractivity contribution < 1.29 is 4.79 Å². The van der Waals surface area contributed by atoms with Gasteiger partial charge in [-0.05, 0) is 51.4 Å². The normalized spacial score (nSPS) is 17.9. The molecular weight excluding hydrogens is 266 g/mol. The Bertz CT molecular complexity index is 641. The van der Waals surface area contributed by atoms with E-state index in [2.05, 4.69) is 20.7 Å². The highest BCUT2D eigenvalue weighted by Gasteiger charge is 2.21. The summed E-state index contributed by atoms with van der Waals surface area (Å²) >= 11 is 0. The Morgan fingerprint density at radius 2 is 2.29 bits per heavy atom. The fraction of sp³-hybridized carbons (Fsp3) is 0.400. The molecule has 6 heteroatoms. The van der Waals surface area contributed by atoms with E-state index in [1.165, 1.54) is 0 Å². The zero-order valence-electron chi connectivity index (χ0n) is 12.3. The van der Waals surface area contributed by atoms with E-state index >= 15 is 0 Å². The van der Waals surface area contributed by atoms with Crippen molar-refractivity contribution in [2.75, 3.05) is 11.9 Å². The van der Waals surface area contributed by atoms with Crippen LogP contribution in [-0.4, -0.2) is 33.3 Å². The zero-order valence-corrected chi connectivity index (χ0v) is 12.3. The van der Waals surface area contributed by atoms with Crippen molar-refractivity contribution in [2.45, 2.75) is 32.7 Å². The number of hydrogen-bond acceptors (Lipinski definition) is 4. The molecule has 110 valence electrons. The van der Waals surface area contributed by atoms with Crippen LogP contribution in [0.25, 0.3) is 5.82 Å². The summed E-state index contributed by atoms with van der Waals surface area (Å²) in [5.41, 5.74) is 2.70. The summed E-state index contributed by atoms with van der Waals surface area (Å²) in [6.07, 6.45) is 3.61. The molecule has 3 rings (SSSR count). The first-order valence-corrected chi connectivity index (χ1v) is 7.17. The second kappa shape index (κ2) is 5.65. The van der Waals surface area contributed by atoms with Crippen LogP contribution in [0.1, 0.15) is 24.2 Å². The minimum atomic E-state index is -0.0827. The number of amides is 1. The molecule has 1 fully saturated rings. The molecule has 3 heterocycles. The van der Waals surface area contributed by atoms with Crippen LogP contribution in [0.5, 0.6) is 0 Å². The maximum Gasteiger partial charge on any atom is 0.241 e. The van der Waals surface area contributed by atoms with Crippen LogP contribution in [0.15, 0.2) is 24.4 Å². The molecule has 2 N–H and O–H groups in total. The molecule has 1 aliphatic rings. The van der Waals surface area contributed by atoms with Crippen molar-refractivity contribution in [2.24, 2.45) is 0 Å². The first kappa shape index (κ1) is 13.8. The number of nitrogens with zero attached hydrogens (tertiary/aromatic N) is 3. The van der Waals surface area contributed by atoms with E-state index in [0.29, 0.717) is 5.69 Å². The van der Waals surface area contributed by atoms with E-state index in [-0.39, 0.29) is 11.9 Å². The number of carbonyl (C=O) groups is 1. The van der Waals surface area contributed by atoms with Crippen LogP contribution in [0.4, 0.5) is 5.69 Å². The van der Waals surface area contributed by atoms with Crippen LogP contribution in [0.2, 0.25) is 0 Å². The highest BCUT2D eigenvalue weighted by molar-refractivity contribution is 5.94. The number of anilines is 1. The third kappa shape index (κ3) is 2.95. The smallest absolute Gasteiger partial charge is 0.241 e. The van der Waals surface area contributed by atoms with Gasteiger partial charge in [-0.25, -0.2) is 9.67 Å². The summed E-state index contributed by atoms with van der Waals surface area (Å²) in [4.78, 5) is 16.4. The van der Waals surface area contributed by atoms with Gasteiger partial charge in [0.15, 0.2) is 5.82 Å². The second-order valence-corrected chi connectivity index (χ2v) is 5.38. The molecule has 21 heavy (non-hydrogen) atoms. The predicted molar refractivity (Wildman–Crippen MR) is 80.5 cm³/mol. The number of pyridine rings is 1. The molecule has 1 aliphatic heterocycles. The Kier molecular flexibility index (Phi) is 3.70. The fourth-order valence-corrected chi connectivity index (χ4v) is 2.58. The summed E-state index contributed by atoms with van der Waals surface area (Å²) in [7, 11) is 0. The Hall–Kier alpha value is -2.21. The quantitative estimate of drug-likeness (QED) is 0.898. The zero-order chi connectivity index (χ0) is 14.8. The van der Waals surface area contributed by atoms with Gasteiger partial charge in [0.25, 0.3) is 0 Å². The lowest BCUT2D eigenvalue weighted by Gasteiger charge is -2.11. The topological polar surface area (TPSA) is 71.8 Å². The average molecular weight is 285 g/mol. The summed E-state index contributed by atoms with van der Waals surface area (Å²) in [6, 6.07) is 5.63. The van der Waals surface area contributed by atoms with Crippen LogP contribution in [0.3, 0.4) is 0 Å². The maximum atomic E-state index is 12.0. The Labute approximate surface area is 123 Å². The van der Waals surface area contributed by atoms with E-state index in [1.807, 2.05) is 32.0 Å². The summed E-state index contributed by atoms with van der Waals surface area (Å²) in [5.74, 6) is 0.755. The van der Waals surface area contributed by atoms with E-state index in [4.69, 9.17) is 0 Å². The average Bonchev–Trinajstić information content (AvgIpc) is 3.09. The number of carbonyl (C=O) groups excluding carboxylic acids is 1. The van der Waals surface area contributed by atoms with Gasteiger partial charge in [0, 0.05) is 5.69 Å². The van der Waals surface area contributed by atoms with Gasteiger partial charge in [0.2, 0.25) is 5.91 Å². The van der Waals surface area contributed by atoms with Crippen LogP contribution < -0.4 is 10.6 Å². The molecule has 0 spiro atoms. The Morgan fingerprint density at radius 3 is 2.86 bits per heavy atom. The third-order valence-corrected chi connectivity index (χ3v) is 3.62. The number of hydrogen-bond donors (Lipinski definition) is 2. The van der Waals surface area contributed by atoms with E-state index in [1.54, 1.807) is 10.9 Å². The first-order chi connectivity index (χ1) is 10.1. The van der Waals surface area contributed by atoms with E-state index in [9.17, 15) is 4.79 Å². The van der Waals surface area contributed by atoms with Gasteiger partial charge >= 0.3 is 0 Å². The van der Waals surface area contributed by atoms with Gasteiger partial charge < -0.3 is 10.6 Å². The largest absolute Gasteiger partial charge is 0.323 e. The highest BCUT2D eigenvalue weighted by Crippen LogP contribution is 2.14. The molecule has 0 saturated carbocycles. The van der Waals surface area contributed by atoms with Crippen molar-refractivity contribution >= 4 is 11.6 Å². The minimum Gasteiger partial charge on any atom is -0.323 e. The monoisotopic (exact) mass is 285 g/mol. The van der Waals surface area contributed by atoms with Crippen LogP contribution in [-0.2, 0) is 4.79 Å². The van der Waals surface area contributed by atoms with Crippen LogP contribution in [0, 0.1) is 13.8 Å². The molecule has 0 aliphatic carbocycles. The number of rotatable bonds is 3. The van der Waals surface area contributed by atoms with Crippen molar-refractivity contribution in [3.63, 3.8) is 0 Å². The summed E-state index contributed by atoms with van der Waals surface area (Å²) in [6.45, 7) is 4.85. The first-order valence-electron chi connectivity index (χ1n) is 7.17. The molecule has 2 aromatic heterocycles. The molecule has 1 unspecified atom stereocenters. The van der Waals surface area contributed by atoms with Gasteiger partial charge in [0.05, 0.1) is 23.6 Å².